The fourth-order valence-corrected chi connectivity index (χ4v) is 1.18. The summed E-state index contributed by atoms with van der Waals surface area (Å²) in [7, 11) is 0. The summed E-state index contributed by atoms with van der Waals surface area (Å²) in [6.45, 7) is 3.49. The maximum atomic E-state index is 13.6. The number of hydrogen-bond donors (Lipinski definition) is 0. The van der Waals surface area contributed by atoms with Gasteiger partial charge in [0.1, 0.15) is 11.4 Å². The SMILES string of the molecule is CCOC(=O)c1cc(F)cc(OCC)c1F. The van der Waals surface area contributed by atoms with E-state index in [4.69, 9.17) is 4.74 Å². The second kappa shape index (κ2) is 5.44. The van der Waals surface area contributed by atoms with Crippen LogP contribution < -0.4 is 4.74 Å². The predicted molar refractivity (Wildman–Crippen MR) is 53.5 cm³/mol. The summed E-state index contributed by atoms with van der Waals surface area (Å²) in [5, 5.41) is 0. The zero-order valence-electron chi connectivity index (χ0n) is 9.05. The van der Waals surface area contributed by atoms with Crippen LogP contribution in [0.2, 0.25) is 0 Å². The molecule has 0 atom stereocenters. The number of benzene rings is 1. The lowest BCUT2D eigenvalue weighted by Gasteiger charge is -2.08. The average Bonchev–Trinajstić information content (AvgIpc) is 2.23. The van der Waals surface area contributed by atoms with Crippen molar-refractivity contribution < 1.29 is 23.0 Å². The van der Waals surface area contributed by atoms with E-state index < -0.39 is 23.2 Å². The van der Waals surface area contributed by atoms with E-state index >= 15 is 0 Å². The highest BCUT2D eigenvalue weighted by atomic mass is 19.1. The van der Waals surface area contributed by atoms with Gasteiger partial charge >= 0.3 is 5.97 Å². The Morgan fingerprint density at radius 1 is 1.25 bits per heavy atom. The molecule has 0 aliphatic heterocycles. The van der Waals surface area contributed by atoms with Crippen molar-refractivity contribution in [2.75, 3.05) is 13.2 Å². The summed E-state index contributed by atoms with van der Waals surface area (Å²) < 4.78 is 36.2. The minimum atomic E-state index is -0.902. The third-order valence-corrected chi connectivity index (χ3v) is 1.80. The zero-order valence-corrected chi connectivity index (χ0v) is 9.05. The van der Waals surface area contributed by atoms with E-state index in [9.17, 15) is 13.6 Å². The van der Waals surface area contributed by atoms with Gasteiger partial charge in [-0.05, 0) is 19.9 Å². The molecule has 0 heterocycles. The van der Waals surface area contributed by atoms with Crippen LogP contribution in [0.15, 0.2) is 12.1 Å². The molecule has 0 aliphatic carbocycles. The first-order valence-corrected chi connectivity index (χ1v) is 4.89. The molecule has 0 bridgehead atoms. The number of carbonyl (C=O) groups excluding carboxylic acids is 1. The van der Waals surface area contributed by atoms with Crippen molar-refractivity contribution in [2.24, 2.45) is 0 Å². The maximum absolute atomic E-state index is 13.6. The van der Waals surface area contributed by atoms with Crippen molar-refractivity contribution in [3.63, 3.8) is 0 Å². The van der Waals surface area contributed by atoms with Gasteiger partial charge in [0.15, 0.2) is 11.6 Å². The Bertz CT molecular complexity index is 391. The Hall–Kier alpha value is -1.65. The van der Waals surface area contributed by atoms with E-state index in [2.05, 4.69) is 4.74 Å². The molecule has 0 amide bonds. The third kappa shape index (κ3) is 2.68. The topological polar surface area (TPSA) is 35.5 Å². The average molecular weight is 230 g/mol. The van der Waals surface area contributed by atoms with Crippen molar-refractivity contribution >= 4 is 5.97 Å². The van der Waals surface area contributed by atoms with Gasteiger partial charge < -0.3 is 9.47 Å². The number of halogens is 2. The number of rotatable bonds is 4. The summed E-state index contributed by atoms with van der Waals surface area (Å²) in [6.07, 6.45) is 0. The first kappa shape index (κ1) is 12.4. The van der Waals surface area contributed by atoms with Crippen molar-refractivity contribution in [2.45, 2.75) is 13.8 Å². The summed E-state index contributed by atoms with van der Waals surface area (Å²) in [5.41, 5.74) is -0.453. The van der Waals surface area contributed by atoms with Crippen LogP contribution in [0.5, 0.6) is 5.75 Å². The van der Waals surface area contributed by atoms with E-state index in [1.807, 2.05) is 0 Å². The fraction of sp³-hybridized carbons (Fsp3) is 0.364. The van der Waals surface area contributed by atoms with E-state index in [1.165, 1.54) is 0 Å². The lowest BCUT2D eigenvalue weighted by molar-refractivity contribution is 0.0519. The fourth-order valence-electron chi connectivity index (χ4n) is 1.18. The molecule has 3 nitrogen and oxygen atoms in total. The lowest BCUT2D eigenvalue weighted by Crippen LogP contribution is -2.09. The van der Waals surface area contributed by atoms with Crippen LogP contribution in [0.25, 0.3) is 0 Å². The summed E-state index contributed by atoms with van der Waals surface area (Å²) in [4.78, 5) is 11.3. The first-order chi connectivity index (χ1) is 7.60. The van der Waals surface area contributed by atoms with E-state index in [0.29, 0.717) is 0 Å². The van der Waals surface area contributed by atoms with Crippen LogP contribution in [0.4, 0.5) is 8.78 Å². The summed E-state index contributed by atoms with van der Waals surface area (Å²) >= 11 is 0. The highest BCUT2D eigenvalue weighted by Gasteiger charge is 2.19. The van der Waals surface area contributed by atoms with Gasteiger partial charge in [0.25, 0.3) is 0 Å². The Morgan fingerprint density at radius 3 is 2.50 bits per heavy atom. The van der Waals surface area contributed by atoms with Gasteiger partial charge in [-0.3, -0.25) is 0 Å². The molecule has 1 rings (SSSR count). The van der Waals surface area contributed by atoms with Crippen LogP contribution in [-0.2, 0) is 4.74 Å². The van der Waals surface area contributed by atoms with Gasteiger partial charge in [-0.2, -0.15) is 0 Å². The van der Waals surface area contributed by atoms with Gasteiger partial charge in [-0.25, -0.2) is 13.6 Å². The molecule has 16 heavy (non-hydrogen) atoms. The monoisotopic (exact) mass is 230 g/mol. The second-order valence-corrected chi connectivity index (χ2v) is 2.92. The van der Waals surface area contributed by atoms with E-state index in [1.54, 1.807) is 13.8 Å². The highest BCUT2D eigenvalue weighted by Crippen LogP contribution is 2.23. The molecular formula is C11H12F2O3. The number of esters is 1. The molecule has 5 heteroatoms. The van der Waals surface area contributed by atoms with Crippen molar-refractivity contribution in [3.8, 4) is 5.75 Å². The minimum absolute atomic E-state index is 0.0960. The molecule has 0 saturated heterocycles. The zero-order chi connectivity index (χ0) is 12.1. The molecule has 0 unspecified atom stereocenters. The van der Waals surface area contributed by atoms with Crippen LogP contribution in [-0.4, -0.2) is 19.2 Å². The first-order valence-electron chi connectivity index (χ1n) is 4.89. The maximum Gasteiger partial charge on any atom is 0.341 e. The standard InChI is InChI=1S/C11H12F2O3/c1-3-15-9-6-7(12)5-8(10(9)13)11(14)16-4-2/h5-6H,3-4H2,1-2H3. The van der Waals surface area contributed by atoms with Gasteiger partial charge in [0.2, 0.25) is 0 Å². The Labute approximate surface area is 92.0 Å². The van der Waals surface area contributed by atoms with Gasteiger partial charge in [-0.15, -0.1) is 0 Å². The molecule has 0 N–H and O–H groups in total. The van der Waals surface area contributed by atoms with E-state index in [-0.39, 0.29) is 19.0 Å². The Kier molecular flexibility index (Phi) is 4.22. The van der Waals surface area contributed by atoms with Crippen LogP contribution in [0.3, 0.4) is 0 Å². The molecule has 88 valence electrons. The van der Waals surface area contributed by atoms with Gasteiger partial charge in [0, 0.05) is 6.07 Å². The molecule has 0 aromatic heterocycles. The van der Waals surface area contributed by atoms with Crippen molar-refractivity contribution in [3.05, 3.63) is 29.3 Å². The quantitative estimate of drug-likeness (QED) is 0.745. The van der Waals surface area contributed by atoms with Gasteiger partial charge in [0.05, 0.1) is 13.2 Å². The number of hydrogen-bond acceptors (Lipinski definition) is 3. The van der Waals surface area contributed by atoms with Crippen LogP contribution in [0.1, 0.15) is 24.2 Å². The normalized spacial score (nSPS) is 10.0. The number of carbonyl (C=O) groups is 1. The molecule has 0 spiro atoms. The minimum Gasteiger partial charge on any atom is -0.491 e. The molecule has 1 aromatic carbocycles. The molecule has 1 aromatic rings. The number of ether oxygens (including phenoxy) is 2. The van der Waals surface area contributed by atoms with Crippen molar-refractivity contribution in [1.29, 1.82) is 0 Å². The lowest BCUT2D eigenvalue weighted by atomic mass is 10.2. The molecule has 0 saturated carbocycles. The summed E-state index contributed by atoms with van der Waals surface area (Å²) in [5.74, 6) is -2.83. The van der Waals surface area contributed by atoms with Crippen molar-refractivity contribution in [1.82, 2.24) is 0 Å². The van der Waals surface area contributed by atoms with Crippen LogP contribution in [0, 0.1) is 11.6 Å². The van der Waals surface area contributed by atoms with Gasteiger partial charge in [-0.1, -0.05) is 0 Å². The van der Waals surface area contributed by atoms with E-state index in [0.717, 1.165) is 12.1 Å². The smallest absolute Gasteiger partial charge is 0.341 e. The third-order valence-electron chi connectivity index (χ3n) is 1.80. The Morgan fingerprint density at radius 2 is 1.94 bits per heavy atom. The molecule has 0 radical (unpaired) electrons. The molecule has 0 fully saturated rings. The molecular weight excluding hydrogens is 218 g/mol. The largest absolute Gasteiger partial charge is 0.491 e. The Balaban J connectivity index is 3.13. The van der Waals surface area contributed by atoms with Crippen LogP contribution >= 0.6 is 0 Å². The predicted octanol–water partition coefficient (Wildman–Crippen LogP) is 2.54. The molecule has 0 aliphatic rings. The second-order valence-electron chi connectivity index (χ2n) is 2.92. The highest BCUT2D eigenvalue weighted by molar-refractivity contribution is 5.90. The summed E-state index contributed by atoms with van der Waals surface area (Å²) in [6, 6.07) is 1.68.